The predicted molar refractivity (Wildman–Crippen MR) is 91.4 cm³/mol. The van der Waals surface area contributed by atoms with Crippen LogP contribution in [-0.2, 0) is 11.3 Å². The molecule has 1 saturated heterocycles. The largest absolute Gasteiger partial charge is 0.478 e. The van der Waals surface area contributed by atoms with Gasteiger partial charge in [-0.15, -0.1) is 0 Å². The molecule has 2 fully saturated rings. The number of pyridine rings is 1. The van der Waals surface area contributed by atoms with E-state index in [-0.39, 0.29) is 17.3 Å². The number of halogens is 1. The number of hydrogen-bond donors (Lipinski definition) is 0. The van der Waals surface area contributed by atoms with Crippen LogP contribution in [0.15, 0.2) is 48.7 Å². The third-order valence-corrected chi connectivity index (χ3v) is 5.35. The fourth-order valence-electron chi connectivity index (χ4n) is 4.06. The fourth-order valence-corrected chi connectivity index (χ4v) is 4.06. The van der Waals surface area contributed by atoms with Crippen LogP contribution in [0.5, 0.6) is 5.75 Å². The van der Waals surface area contributed by atoms with E-state index in [1.807, 2.05) is 23.1 Å². The first-order chi connectivity index (χ1) is 12.2. The molecule has 2 aliphatic rings. The molecule has 0 radical (unpaired) electrons. The molecule has 1 unspecified atom stereocenters. The molecule has 1 aromatic heterocycles. The van der Waals surface area contributed by atoms with Crippen LogP contribution < -0.4 is 4.74 Å². The Hall–Kier alpha value is -2.43. The Morgan fingerprint density at radius 3 is 2.56 bits per heavy atom. The molecule has 1 saturated carbocycles. The van der Waals surface area contributed by atoms with E-state index in [4.69, 9.17) is 4.74 Å². The summed E-state index contributed by atoms with van der Waals surface area (Å²) in [6.07, 6.45) is 6.53. The maximum Gasteiger partial charge on any atom is 0.267 e. The lowest BCUT2D eigenvalue weighted by Gasteiger charge is -2.58. The second-order valence-corrected chi connectivity index (χ2v) is 6.86. The van der Waals surface area contributed by atoms with Crippen molar-refractivity contribution in [2.45, 2.75) is 50.3 Å². The Balaban J connectivity index is 1.57. The topological polar surface area (TPSA) is 42.4 Å². The Labute approximate surface area is 146 Å². The number of ether oxygens (including phenoxy) is 1. The summed E-state index contributed by atoms with van der Waals surface area (Å²) >= 11 is 0. The lowest BCUT2D eigenvalue weighted by Crippen LogP contribution is -2.76. The van der Waals surface area contributed by atoms with Gasteiger partial charge in [-0.25, -0.2) is 4.39 Å². The molecule has 2 aromatic rings. The number of carbonyl (C=O) groups excluding carboxylic acids is 1. The van der Waals surface area contributed by atoms with Crippen molar-refractivity contribution in [3.63, 3.8) is 0 Å². The quantitative estimate of drug-likeness (QED) is 0.797. The molecule has 1 aliphatic carbocycles. The van der Waals surface area contributed by atoms with E-state index in [1.165, 1.54) is 18.6 Å². The Morgan fingerprint density at radius 1 is 1.12 bits per heavy atom. The number of rotatable bonds is 4. The van der Waals surface area contributed by atoms with Crippen LogP contribution in [0.1, 0.15) is 37.8 Å². The van der Waals surface area contributed by atoms with Gasteiger partial charge in [0.25, 0.3) is 5.91 Å². The van der Waals surface area contributed by atoms with Crippen LogP contribution in [0.2, 0.25) is 0 Å². The van der Waals surface area contributed by atoms with Gasteiger partial charge in [0, 0.05) is 6.20 Å². The maximum absolute atomic E-state index is 13.1. The van der Waals surface area contributed by atoms with Crippen molar-refractivity contribution >= 4 is 5.91 Å². The summed E-state index contributed by atoms with van der Waals surface area (Å²) in [6, 6.07) is 11.6. The number of nitrogens with zero attached hydrogens (tertiary/aromatic N) is 2. The second-order valence-electron chi connectivity index (χ2n) is 6.86. The van der Waals surface area contributed by atoms with Gasteiger partial charge in [-0.1, -0.05) is 25.3 Å². The van der Waals surface area contributed by atoms with Gasteiger partial charge in [0.15, 0.2) is 6.10 Å². The van der Waals surface area contributed by atoms with E-state index in [1.54, 1.807) is 18.3 Å². The molecule has 130 valence electrons. The zero-order valence-electron chi connectivity index (χ0n) is 14.0. The zero-order chi connectivity index (χ0) is 17.3. The van der Waals surface area contributed by atoms with Crippen LogP contribution in [0.25, 0.3) is 0 Å². The molecule has 4 nitrogen and oxygen atoms in total. The lowest BCUT2D eigenvalue weighted by molar-refractivity contribution is -0.188. The molecular weight excluding hydrogens is 319 g/mol. The number of likely N-dealkylation sites (tertiary alicyclic amines) is 1. The van der Waals surface area contributed by atoms with E-state index in [0.717, 1.165) is 31.4 Å². The molecule has 5 heteroatoms. The number of hydrogen-bond acceptors (Lipinski definition) is 3. The van der Waals surface area contributed by atoms with Crippen molar-refractivity contribution in [1.82, 2.24) is 9.88 Å². The Kier molecular flexibility index (Phi) is 4.15. The molecule has 1 amide bonds. The summed E-state index contributed by atoms with van der Waals surface area (Å²) < 4.78 is 19.1. The van der Waals surface area contributed by atoms with Gasteiger partial charge >= 0.3 is 0 Å². The maximum atomic E-state index is 13.1. The van der Waals surface area contributed by atoms with Gasteiger partial charge in [-0.2, -0.15) is 0 Å². The van der Waals surface area contributed by atoms with E-state index < -0.39 is 6.10 Å². The third-order valence-electron chi connectivity index (χ3n) is 5.35. The van der Waals surface area contributed by atoms with Crippen molar-refractivity contribution in [3.05, 3.63) is 60.2 Å². The minimum Gasteiger partial charge on any atom is -0.478 e. The van der Waals surface area contributed by atoms with Crippen LogP contribution in [-0.4, -0.2) is 27.4 Å². The molecule has 1 aromatic carbocycles. The molecular formula is C20H21FN2O2. The lowest BCUT2D eigenvalue weighted by atomic mass is 9.69. The molecule has 0 bridgehead atoms. The number of aromatic nitrogens is 1. The Bertz CT molecular complexity index is 742. The van der Waals surface area contributed by atoms with Gasteiger partial charge in [0.1, 0.15) is 11.6 Å². The highest BCUT2D eigenvalue weighted by Gasteiger charge is 2.61. The normalized spacial score (nSPS) is 21.9. The summed E-state index contributed by atoms with van der Waals surface area (Å²) in [7, 11) is 0. The van der Waals surface area contributed by atoms with Crippen molar-refractivity contribution in [1.29, 1.82) is 0 Å². The van der Waals surface area contributed by atoms with Crippen LogP contribution >= 0.6 is 0 Å². The predicted octanol–water partition coefficient (Wildman–Crippen LogP) is 3.71. The fraction of sp³-hybridized carbons (Fsp3) is 0.400. The standard InChI is InChI=1S/C20H21FN2O2/c21-15-7-9-17(10-8-15)25-18-19(24)23(14-16-6-2-5-13-22-16)20(18)11-3-1-4-12-20/h2,5-10,13,18H,1,3-4,11-12,14H2. The number of carbonyl (C=O) groups is 1. The van der Waals surface area contributed by atoms with Gasteiger partial charge in [0.05, 0.1) is 17.8 Å². The van der Waals surface area contributed by atoms with Crippen molar-refractivity contribution in [2.75, 3.05) is 0 Å². The van der Waals surface area contributed by atoms with Gasteiger partial charge in [-0.05, 0) is 49.2 Å². The molecule has 1 spiro atoms. The number of amides is 1. The number of benzene rings is 1. The van der Waals surface area contributed by atoms with E-state index in [9.17, 15) is 9.18 Å². The van der Waals surface area contributed by atoms with Crippen molar-refractivity contribution in [2.24, 2.45) is 0 Å². The third kappa shape index (κ3) is 2.88. The molecule has 2 heterocycles. The average Bonchev–Trinajstić information content (AvgIpc) is 2.67. The summed E-state index contributed by atoms with van der Waals surface area (Å²) in [4.78, 5) is 19.1. The zero-order valence-corrected chi connectivity index (χ0v) is 14.0. The van der Waals surface area contributed by atoms with Crippen LogP contribution in [0.3, 0.4) is 0 Å². The molecule has 1 atom stereocenters. The molecule has 4 rings (SSSR count). The summed E-state index contributed by atoms with van der Waals surface area (Å²) in [5.41, 5.74) is 0.627. The van der Waals surface area contributed by atoms with Crippen molar-refractivity contribution in [3.8, 4) is 5.75 Å². The van der Waals surface area contributed by atoms with Gasteiger partial charge < -0.3 is 9.64 Å². The first-order valence-electron chi connectivity index (χ1n) is 8.83. The summed E-state index contributed by atoms with van der Waals surface area (Å²) in [5.74, 6) is 0.232. The SMILES string of the molecule is O=C1C(Oc2ccc(F)cc2)C2(CCCCC2)N1Cc1ccccn1. The minimum atomic E-state index is -0.484. The average molecular weight is 340 g/mol. The minimum absolute atomic E-state index is 0.00289. The summed E-state index contributed by atoms with van der Waals surface area (Å²) in [5, 5.41) is 0. The van der Waals surface area contributed by atoms with Gasteiger partial charge in [0.2, 0.25) is 0 Å². The van der Waals surface area contributed by atoms with Crippen molar-refractivity contribution < 1.29 is 13.9 Å². The van der Waals surface area contributed by atoms with E-state index in [0.29, 0.717) is 12.3 Å². The molecule has 25 heavy (non-hydrogen) atoms. The van der Waals surface area contributed by atoms with E-state index >= 15 is 0 Å². The van der Waals surface area contributed by atoms with Crippen LogP contribution in [0.4, 0.5) is 4.39 Å². The second kappa shape index (κ2) is 6.47. The monoisotopic (exact) mass is 340 g/mol. The first kappa shape index (κ1) is 16.1. The molecule has 0 N–H and O–H groups in total. The van der Waals surface area contributed by atoms with E-state index in [2.05, 4.69) is 4.98 Å². The first-order valence-corrected chi connectivity index (χ1v) is 8.83. The highest BCUT2D eigenvalue weighted by molar-refractivity contribution is 5.90. The Morgan fingerprint density at radius 2 is 1.88 bits per heavy atom. The van der Waals surface area contributed by atoms with Gasteiger partial charge in [-0.3, -0.25) is 9.78 Å². The number of β-lactam (4-membered cyclic amide) rings is 1. The van der Waals surface area contributed by atoms with Crippen LogP contribution in [0, 0.1) is 5.82 Å². The highest BCUT2D eigenvalue weighted by Crippen LogP contribution is 2.46. The molecule has 1 aliphatic heterocycles. The highest BCUT2D eigenvalue weighted by atomic mass is 19.1. The summed E-state index contributed by atoms with van der Waals surface area (Å²) in [6.45, 7) is 0.517. The smallest absolute Gasteiger partial charge is 0.267 e.